The monoisotopic (exact) mass is 400 g/mol. The van der Waals surface area contributed by atoms with Crippen LogP contribution in [0.4, 0.5) is 5.69 Å². The Morgan fingerprint density at radius 1 is 1.32 bits per heavy atom. The minimum atomic E-state index is -0.555. The quantitative estimate of drug-likeness (QED) is 0.549. The smallest absolute Gasteiger partial charge is 0.240 e. The molecule has 2 N–H and O–H groups in total. The fourth-order valence-electron chi connectivity index (χ4n) is 2.42. The molecule has 1 fully saturated rings. The standard InChI is InChI=1S/C19H20N4O4S/c1-3-26-14-8-6-13(7-9-14)20-17(24)11-16-18(25)21-19(28-16)23-22-12(2)15-5-4-10-27-15/h4-10,16H,3,11H2,1-2H3,(H,20,24)(H,21,23,25)/t16-/m1/s1. The summed E-state index contributed by atoms with van der Waals surface area (Å²) in [7, 11) is 0. The lowest BCUT2D eigenvalue weighted by Crippen LogP contribution is -2.28. The molecule has 28 heavy (non-hydrogen) atoms. The van der Waals surface area contributed by atoms with Gasteiger partial charge in [-0.3, -0.25) is 9.59 Å². The Balaban J connectivity index is 1.54. The number of nitrogens with one attached hydrogen (secondary N) is 2. The van der Waals surface area contributed by atoms with Crippen LogP contribution in [-0.2, 0) is 9.59 Å². The lowest BCUT2D eigenvalue weighted by atomic mass is 10.2. The van der Waals surface area contributed by atoms with Crippen molar-refractivity contribution < 1.29 is 18.7 Å². The van der Waals surface area contributed by atoms with Gasteiger partial charge in [-0.2, -0.15) is 0 Å². The van der Waals surface area contributed by atoms with E-state index in [0.29, 0.717) is 28.9 Å². The molecule has 1 aliphatic rings. The molecule has 0 radical (unpaired) electrons. The first-order valence-corrected chi connectivity index (χ1v) is 9.59. The molecule has 0 saturated carbocycles. The number of anilines is 1. The molecule has 1 aliphatic heterocycles. The number of furan rings is 1. The van der Waals surface area contributed by atoms with E-state index >= 15 is 0 Å². The van der Waals surface area contributed by atoms with Crippen molar-refractivity contribution in [1.29, 1.82) is 0 Å². The zero-order valence-corrected chi connectivity index (χ0v) is 16.3. The molecule has 8 nitrogen and oxygen atoms in total. The Hall–Kier alpha value is -3.07. The maximum atomic E-state index is 12.2. The highest BCUT2D eigenvalue weighted by molar-refractivity contribution is 8.15. The van der Waals surface area contributed by atoms with Gasteiger partial charge in [-0.15, -0.1) is 10.2 Å². The van der Waals surface area contributed by atoms with E-state index in [1.807, 2.05) is 6.92 Å². The summed E-state index contributed by atoms with van der Waals surface area (Å²) < 4.78 is 10.6. The van der Waals surface area contributed by atoms with Crippen LogP contribution in [0.25, 0.3) is 0 Å². The summed E-state index contributed by atoms with van der Waals surface area (Å²) in [4.78, 5) is 24.3. The minimum Gasteiger partial charge on any atom is -0.494 e. The third kappa shape index (κ3) is 5.23. The van der Waals surface area contributed by atoms with Gasteiger partial charge in [0, 0.05) is 12.1 Å². The third-order valence-corrected chi connectivity index (χ3v) is 4.84. The van der Waals surface area contributed by atoms with Crippen LogP contribution in [0.2, 0.25) is 0 Å². The van der Waals surface area contributed by atoms with Crippen LogP contribution in [0.5, 0.6) is 5.75 Å². The third-order valence-electron chi connectivity index (χ3n) is 3.76. The minimum absolute atomic E-state index is 0.0314. The van der Waals surface area contributed by atoms with E-state index in [0.717, 1.165) is 5.75 Å². The number of rotatable bonds is 7. The molecule has 9 heteroatoms. The Bertz CT molecular complexity index is 891. The summed E-state index contributed by atoms with van der Waals surface area (Å²) in [6.07, 6.45) is 1.58. The van der Waals surface area contributed by atoms with Gasteiger partial charge in [0.05, 0.1) is 12.9 Å². The van der Waals surface area contributed by atoms with Crippen molar-refractivity contribution in [2.45, 2.75) is 25.5 Å². The van der Waals surface area contributed by atoms with Crippen LogP contribution in [0, 0.1) is 0 Å². The van der Waals surface area contributed by atoms with Gasteiger partial charge >= 0.3 is 0 Å². The summed E-state index contributed by atoms with van der Waals surface area (Å²) in [5, 5.41) is 13.3. The van der Waals surface area contributed by atoms with Gasteiger partial charge in [-0.1, -0.05) is 11.8 Å². The highest BCUT2D eigenvalue weighted by Crippen LogP contribution is 2.23. The first kappa shape index (κ1) is 19.7. The maximum absolute atomic E-state index is 12.2. The van der Waals surface area contributed by atoms with Crippen molar-refractivity contribution in [1.82, 2.24) is 5.32 Å². The predicted molar refractivity (Wildman–Crippen MR) is 109 cm³/mol. The number of thioether (sulfide) groups is 1. The first-order valence-electron chi connectivity index (χ1n) is 8.71. The van der Waals surface area contributed by atoms with E-state index in [4.69, 9.17) is 9.15 Å². The van der Waals surface area contributed by atoms with Gasteiger partial charge < -0.3 is 19.8 Å². The topological polar surface area (TPSA) is 105 Å². The number of amides is 2. The van der Waals surface area contributed by atoms with Gasteiger partial charge in [-0.25, -0.2) is 0 Å². The molecule has 2 aromatic rings. The van der Waals surface area contributed by atoms with E-state index < -0.39 is 5.25 Å². The summed E-state index contributed by atoms with van der Waals surface area (Å²) >= 11 is 1.18. The van der Waals surface area contributed by atoms with Crippen LogP contribution in [0.15, 0.2) is 57.3 Å². The van der Waals surface area contributed by atoms with Gasteiger partial charge in [-0.05, 0) is 50.2 Å². The Morgan fingerprint density at radius 2 is 2.11 bits per heavy atom. The van der Waals surface area contributed by atoms with Crippen molar-refractivity contribution in [3.8, 4) is 5.75 Å². The van der Waals surface area contributed by atoms with Crippen molar-refractivity contribution in [2.75, 3.05) is 11.9 Å². The molecule has 0 unspecified atom stereocenters. The second-order valence-corrected chi connectivity index (χ2v) is 7.06. The normalized spacial score (nSPS) is 18.2. The van der Waals surface area contributed by atoms with Crippen molar-refractivity contribution in [3.05, 3.63) is 48.4 Å². The molecule has 3 rings (SSSR count). The van der Waals surface area contributed by atoms with Crippen LogP contribution < -0.4 is 15.4 Å². The average Bonchev–Trinajstić information content (AvgIpc) is 3.32. The van der Waals surface area contributed by atoms with Gasteiger partial charge in [0.1, 0.15) is 22.5 Å². The SMILES string of the molecule is CCOc1ccc(NC(=O)C[C@H]2SC(=NN=C(C)c3ccco3)NC2=O)cc1. The number of amidine groups is 1. The molecule has 0 spiro atoms. The molecule has 1 atom stereocenters. The van der Waals surface area contributed by atoms with Gasteiger partial charge in [0.25, 0.3) is 0 Å². The fourth-order valence-corrected chi connectivity index (χ4v) is 3.34. The number of hydrogen-bond acceptors (Lipinski definition) is 7. The Labute approximate surface area is 166 Å². The first-order chi connectivity index (χ1) is 13.5. The lowest BCUT2D eigenvalue weighted by Gasteiger charge is -2.08. The molecular formula is C19H20N4O4S. The second-order valence-electron chi connectivity index (χ2n) is 5.87. The van der Waals surface area contributed by atoms with Crippen LogP contribution in [0.1, 0.15) is 26.0 Å². The molecule has 1 saturated heterocycles. The molecule has 2 heterocycles. The van der Waals surface area contributed by atoms with Gasteiger partial charge in [0.2, 0.25) is 11.8 Å². The molecule has 2 amide bonds. The fraction of sp³-hybridized carbons (Fsp3) is 0.263. The van der Waals surface area contributed by atoms with E-state index in [1.165, 1.54) is 11.8 Å². The molecule has 1 aromatic carbocycles. The summed E-state index contributed by atoms with van der Waals surface area (Å²) in [5.74, 6) is 0.812. The molecule has 146 valence electrons. The average molecular weight is 400 g/mol. The number of carbonyl (C=O) groups excluding carboxylic acids is 2. The second kappa shape index (κ2) is 9.23. The predicted octanol–water partition coefficient (Wildman–Crippen LogP) is 3.02. The largest absolute Gasteiger partial charge is 0.494 e. The number of ether oxygens (including phenoxy) is 1. The number of nitrogens with zero attached hydrogens (tertiary/aromatic N) is 2. The van der Waals surface area contributed by atoms with Crippen molar-refractivity contribution in [3.63, 3.8) is 0 Å². The Morgan fingerprint density at radius 3 is 2.79 bits per heavy atom. The summed E-state index contributed by atoms with van der Waals surface area (Å²) in [6, 6.07) is 10.6. The molecular weight excluding hydrogens is 380 g/mol. The highest BCUT2D eigenvalue weighted by atomic mass is 32.2. The number of benzene rings is 1. The Kier molecular flexibility index (Phi) is 6.49. The van der Waals surface area contributed by atoms with E-state index in [9.17, 15) is 9.59 Å². The van der Waals surface area contributed by atoms with Crippen LogP contribution in [-0.4, -0.2) is 34.6 Å². The van der Waals surface area contributed by atoms with Crippen LogP contribution >= 0.6 is 11.8 Å². The van der Waals surface area contributed by atoms with Crippen molar-refractivity contribution in [2.24, 2.45) is 10.2 Å². The van der Waals surface area contributed by atoms with E-state index in [-0.39, 0.29) is 18.2 Å². The number of carbonyl (C=O) groups is 2. The summed E-state index contributed by atoms with van der Waals surface area (Å²) in [5.41, 5.74) is 1.23. The van der Waals surface area contributed by atoms with Crippen LogP contribution in [0.3, 0.4) is 0 Å². The highest BCUT2D eigenvalue weighted by Gasteiger charge is 2.32. The van der Waals surface area contributed by atoms with E-state index in [2.05, 4.69) is 20.8 Å². The lowest BCUT2D eigenvalue weighted by molar-refractivity contribution is -0.122. The zero-order valence-electron chi connectivity index (χ0n) is 15.5. The molecule has 1 aromatic heterocycles. The van der Waals surface area contributed by atoms with Gasteiger partial charge in [0.15, 0.2) is 5.17 Å². The maximum Gasteiger partial charge on any atom is 0.240 e. The van der Waals surface area contributed by atoms with Crippen molar-refractivity contribution >= 4 is 40.1 Å². The zero-order chi connectivity index (χ0) is 19.9. The molecule has 0 aliphatic carbocycles. The van der Waals surface area contributed by atoms with E-state index in [1.54, 1.807) is 49.6 Å². The number of hydrogen-bond donors (Lipinski definition) is 2. The molecule has 0 bridgehead atoms. The summed E-state index contributed by atoms with van der Waals surface area (Å²) in [6.45, 7) is 4.24.